The number of esters is 1. The molecule has 120 valence electrons. The quantitative estimate of drug-likeness (QED) is 0.807. The Labute approximate surface area is 131 Å². The van der Waals surface area contributed by atoms with E-state index in [0.29, 0.717) is 6.61 Å². The van der Waals surface area contributed by atoms with E-state index in [1.807, 2.05) is 30.3 Å². The van der Waals surface area contributed by atoms with Gasteiger partial charge in [0.25, 0.3) is 0 Å². The fourth-order valence-electron chi connectivity index (χ4n) is 4.32. The molecule has 5 unspecified atom stereocenters. The summed E-state index contributed by atoms with van der Waals surface area (Å²) in [7, 11) is 1.41. The van der Waals surface area contributed by atoms with E-state index in [2.05, 4.69) is 6.92 Å². The average molecular weight is 304 g/mol. The third-order valence-electron chi connectivity index (χ3n) is 5.45. The van der Waals surface area contributed by atoms with Gasteiger partial charge in [0.15, 0.2) is 0 Å². The summed E-state index contributed by atoms with van der Waals surface area (Å²) in [6.45, 7) is 2.59. The normalized spacial score (nSPS) is 39.9. The van der Waals surface area contributed by atoms with Crippen LogP contribution in [-0.4, -0.2) is 31.3 Å². The molecule has 3 rings (SSSR count). The van der Waals surface area contributed by atoms with Gasteiger partial charge in [0.05, 0.1) is 25.7 Å². The van der Waals surface area contributed by atoms with Crippen LogP contribution in [0.4, 0.5) is 0 Å². The fraction of sp³-hybridized carbons (Fsp3) is 0.588. The van der Waals surface area contributed by atoms with Gasteiger partial charge in [-0.05, 0) is 11.5 Å². The lowest BCUT2D eigenvalue weighted by molar-refractivity contribution is -0.149. The molecule has 2 aliphatic carbocycles. The Hall–Kier alpha value is -1.43. The molecule has 5 heteroatoms. The second-order valence-corrected chi connectivity index (χ2v) is 6.48. The van der Waals surface area contributed by atoms with Crippen molar-refractivity contribution in [3.63, 3.8) is 0 Å². The number of nitrogens with two attached hydrogens (primary N) is 2. The van der Waals surface area contributed by atoms with Crippen LogP contribution in [0.3, 0.4) is 0 Å². The third-order valence-corrected chi connectivity index (χ3v) is 5.45. The predicted octanol–water partition coefficient (Wildman–Crippen LogP) is 0.911. The highest BCUT2D eigenvalue weighted by molar-refractivity contribution is 5.75. The molecule has 0 spiro atoms. The first kappa shape index (κ1) is 15.5. The molecule has 1 aromatic rings. The van der Waals surface area contributed by atoms with E-state index in [4.69, 9.17) is 20.9 Å². The fourth-order valence-corrected chi connectivity index (χ4v) is 4.32. The largest absolute Gasteiger partial charge is 0.469 e. The number of methoxy groups -OCH3 is 1. The summed E-state index contributed by atoms with van der Waals surface area (Å²) in [5.41, 5.74) is 13.7. The highest BCUT2D eigenvalue weighted by Crippen LogP contribution is 2.52. The van der Waals surface area contributed by atoms with Crippen molar-refractivity contribution in [1.29, 1.82) is 0 Å². The summed E-state index contributed by atoms with van der Waals surface area (Å²) >= 11 is 0. The average Bonchev–Trinajstić information content (AvgIpc) is 2.95. The van der Waals surface area contributed by atoms with Crippen LogP contribution in [0.2, 0.25) is 0 Å². The lowest BCUT2D eigenvalue weighted by Gasteiger charge is -2.33. The minimum Gasteiger partial charge on any atom is -0.469 e. The molecule has 0 heterocycles. The first-order valence-electron chi connectivity index (χ1n) is 7.80. The van der Waals surface area contributed by atoms with Crippen LogP contribution in [0.15, 0.2) is 30.3 Å². The van der Waals surface area contributed by atoms with Crippen LogP contribution in [-0.2, 0) is 20.9 Å². The Bertz CT molecular complexity index is 536. The predicted molar refractivity (Wildman–Crippen MR) is 82.6 cm³/mol. The van der Waals surface area contributed by atoms with Gasteiger partial charge in [-0.15, -0.1) is 0 Å². The van der Waals surface area contributed by atoms with Crippen LogP contribution in [0, 0.1) is 23.7 Å². The number of rotatable bonds is 4. The summed E-state index contributed by atoms with van der Waals surface area (Å²) in [5.74, 6) is -0.314. The Kier molecular flexibility index (Phi) is 4.21. The second-order valence-electron chi connectivity index (χ2n) is 6.48. The van der Waals surface area contributed by atoms with Crippen molar-refractivity contribution in [2.24, 2.45) is 35.1 Å². The van der Waals surface area contributed by atoms with Crippen molar-refractivity contribution >= 4 is 5.97 Å². The van der Waals surface area contributed by atoms with Crippen molar-refractivity contribution in [2.45, 2.75) is 31.7 Å². The number of hydrogen-bond acceptors (Lipinski definition) is 5. The Morgan fingerprint density at radius 1 is 1.14 bits per heavy atom. The molecule has 5 nitrogen and oxygen atoms in total. The van der Waals surface area contributed by atoms with Crippen molar-refractivity contribution in [3.8, 4) is 0 Å². The summed E-state index contributed by atoms with van der Waals surface area (Å²) in [4.78, 5) is 12.1. The molecule has 2 fully saturated rings. The van der Waals surface area contributed by atoms with Gasteiger partial charge in [-0.3, -0.25) is 4.79 Å². The zero-order chi connectivity index (χ0) is 15.9. The van der Waals surface area contributed by atoms with E-state index in [1.165, 1.54) is 7.11 Å². The van der Waals surface area contributed by atoms with Crippen molar-refractivity contribution < 1.29 is 14.3 Å². The minimum atomic E-state index is -0.314. The molecule has 1 aromatic carbocycles. The number of carbonyl (C=O) groups is 1. The summed E-state index contributed by atoms with van der Waals surface area (Å²) in [5, 5.41) is 0. The molecule has 2 aliphatic rings. The lowest BCUT2D eigenvalue weighted by Crippen LogP contribution is -2.52. The molecule has 7 atom stereocenters. The van der Waals surface area contributed by atoms with Crippen LogP contribution in [0.1, 0.15) is 12.5 Å². The SMILES string of the molecule is COC(=O)[C@H]1C2C(C)C(N)C(C2OCc2ccccc2)[C@H]1N. The zero-order valence-electron chi connectivity index (χ0n) is 13.0. The molecular weight excluding hydrogens is 280 g/mol. The number of benzene rings is 1. The van der Waals surface area contributed by atoms with E-state index in [9.17, 15) is 4.79 Å². The molecular formula is C17H24N2O3. The summed E-state index contributed by atoms with van der Waals surface area (Å²) < 4.78 is 11.1. The molecule has 0 radical (unpaired) electrons. The van der Waals surface area contributed by atoms with Crippen molar-refractivity contribution in [2.75, 3.05) is 7.11 Å². The maximum absolute atomic E-state index is 12.1. The maximum atomic E-state index is 12.1. The van der Waals surface area contributed by atoms with Gasteiger partial charge >= 0.3 is 5.97 Å². The summed E-state index contributed by atoms with van der Waals surface area (Å²) in [6.07, 6.45) is -0.0793. The van der Waals surface area contributed by atoms with Gasteiger partial charge in [-0.2, -0.15) is 0 Å². The third kappa shape index (κ3) is 2.33. The molecule has 0 saturated heterocycles. The van der Waals surface area contributed by atoms with Crippen LogP contribution >= 0.6 is 0 Å². The first-order valence-corrected chi connectivity index (χ1v) is 7.80. The molecule has 0 aromatic heterocycles. The molecule has 0 aliphatic heterocycles. The summed E-state index contributed by atoms with van der Waals surface area (Å²) in [6, 6.07) is 9.68. The molecule has 2 saturated carbocycles. The Morgan fingerprint density at radius 3 is 2.45 bits per heavy atom. The van der Waals surface area contributed by atoms with Gasteiger partial charge < -0.3 is 20.9 Å². The van der Waals surface area contributed by atoms with Gasteiger partial charge in [0, 0.05) is 23.9 Å². The Balaban J connectivity index is 1.78. The molecule has 0 amide bonds. The van der Waals surface area contributed by atoms with E-state index in [0.717, 1.165) is 5.56 Å². The highest BCUT2D eigenvalue weighted by Gasteiger charge is 2.63. The van der Waals surface area contributed by atoms with E-state index < -0.39 is 0 Å². The molecule has 2 bridgehead atoms. The lowest BCUT2D eigenvalue weighted by atomic mass is 9.76. The van der Waals surface area contributed by atoms with Crippen molar-refractivity contribution in [3.05, 3.63) is 35.9 Å². The number of carbonyl (C=O) groups excluding carboxylic acids is 1. The standard InChI is InChI=1S/C17H24N2O3/c1-9-11-12(17(20)21-2)15(19)13(14(9)18)16(11)22-8-10-6-4-3-5-7-10/h3-7,9,11-16H,8,18-19H2,1-2H3/t9?,11?,12-,13?,14?,15-,16?/m0/s1. The molecule has 4 N–H and O–H groups in total. The van der Waals surface area contributed by atoms with Gasteiger partial charge in [-0.1, -0.05) is 37.3 Å². The van der Waals surface area contributed by atoms with E-state index >= 15 is 0 Å². The minimum absolute atomic E-state index is 0.00723. The highest BCUT2D eigenvalue weighted by atomic mass is 16.5. The molecule has 22 heavy (non-hydrogen) atoms. The first-order chi connectivity index (χ1) is 10.6. The van der Waals surface area contributed by atoms with E-state index in [-0.39, 0.29) is 47.8 Å². The van der Waals surface area contributed by atoms with Gasteiger partial charge in [-0.25, -0.2) is 0 Å². The second kappa shape index (κ2) is 5.99. The van der Waals surface area contributed by atoms with Crippen molar-refractivity contribution in [1.82, 2.24) is 0 Å². The smallest absolute Gasteiger partial charge is 0.310 e. The zero-order valence-corrected chi connectivity index (χ0v) is 13.0. The van der Waals surface area contributed by atoms with Gasteiger partial charge in [0.1, 0.15) is 0 Å². The number of hydrogen-bond donors (Lipinski definition) is 2. The van der Waals surface area contributed by atoms with Crippen LogP contribution < -0.4 is 11.5 Å². The van der Waals surface area contributed by atoms with E-state index in [1.54, 1.807) is 0 Å². The van der Waals surface area contributed by atoms with Crippen LogP contribution in [0.25, 0.3) is 0 Å². The Morgan fingerprint density at radius 2 is 1.82 bits per heavy atom. The van der Waals surface area contributed by atoms with Gasteiger partial charge in [0.2, 0.25) is 0 Å². The number of fused-ring (bicyclic) bond motifs is 2. The monoisotopic (exact) mass is 304 g/mol. The number of ether oxygens (including phenoxy) is 2. The maximum Gasteiger partial charge on any atom is 0.310 e. The topological polar surface area (TPSA) is 87.6 Å². The van der Waals surface area contributed by atoms with Crippen LogP contribution in [0.5, 0.6) is 0 Å².